The number of nitrogens with one attached hydrogen (secondary N) is 1. The number of fused-ring (bicyclic) bond motifs is 1. The maximum atomic E-state index is 12.9. The number of sulfonamides is 1. The summed E-state index contributed by atoms with van der Waals surface area (Å²) in [5.74, 6) is 0. The third kappa shape index (κ3) is 3.78. The molecule has 1 saturated heterocycles. The van der Waals surface area contributed by atoms with Crippen molar-refractivity contribution >= 4 is 31.6 Å². The molecule has 0 spiro atoms. The highest BCUT2D eigenvalue weighted by atomic mass is 32.2. The van der Waals surface area contributed by atoms with Gasteiger partial charge in [-0.3, -0.25) is 0 Å². The minimum Gasteiger partial charge on any atom is -0.327 e. The van der Waals surface area contributed by atoms with Gasteiger partial charge in [0.25, 0.3) is 0 Å². The van der Waals surface area contributed by atoms with Gasteiger partial charge in [0.2, 0.25) is 10.0 Å². The van der Waals surface area contributed by atoms with Crippen molar-refractivity contribution in [2.75, 3.05) is 26.2 Å². The van der Waals surface area contributed by atoms with Crippen LogP contribution in [0, 0.1) is 13.8 Å². The number of hydrogen-bond acceptors (Lipinski definition) is 4. The minimum absolute atomic E-state index is 0.403. The summed E-state index contributed by atoms with van der Waals surface area (Å²) in [5, 5.41) is 1.12. The summed E-state index contributed by atoms with van der Waals surface area (Å²) in [7, 11) is -3.41. The van der Waals surface area contributed by atoms with Crippen LogP contribution in [0.3, 0.4) is 0 Å². The lowest BCUT2D eigenvalue weighted by molar-refractivity contribution is -0.917. The number of quaternary nitrogens is 1. The molecule has 1 aliphatic rings. The Labute approximate surface area is 164 Å². The number of aryl methyl sites for hydroxylation is 2. The van der Waals surface area contributed by atoms with E-state index in [9.17, 15) is 8.42 Å². The van der Waals surface area contributed by atoms with Crippen LogP contribution in [0.25, 0.3) is 10.2 Å². The van der Waals surface area contributed by atoms with Crippen molar-refractivity contribution < 1.29 is 13.3 Å². The Balaban J connectivity index is 1.42. The fraction of sp³-hybridized carbons (Fsp3) is 0.350. The van der Waals surface area contributed by atoms with Gasteiger partial charge in [-0.1, -0.05) is 18.2 Å². The van der Waals surface area contributed by atoms with Gasteiger partial charge in [-0.25, -0.2) is 13.4 Å². The Kier molecular flexibility index (Phi) is 5.03. The smallest absolute Gasteiger partial charge is 0.243 e. The highest BCUT2D eigenvalue weighted by molar-refractivity contribution is 7.89. The number of aromatic nitrogens is 1. The molecule has 4 rings (SSSR count). The average molecular weight is 403 g/mol. The fourth-order valence-corrected chi connectivity index (χ4v) is 6.02. The average Bonchev–Trinajstić information content (AvgIpc) is 3.06. The molecule has 0 saturated carbocycles. The van der Waals surface area contributed by atoms with E-state index in [-0.39, 0.29) is 0 Å². The first kappa shape index (κ1) is 18.6. The zero-order valence-electron chi connectivity index (χ0n) is 15.6. The maximum absolute atomic E-state index is 12.9. The molecule has 27 heavy (non-hydrogen) atoms. The molecule has 0 aliphatic carbocycles. The van der Waals surface area contributed by atoms with E-state index in [1.54, 1.807) is 27.8 Å². The predicted molar refractivity (Wildman–Crippen MR) is 109 cm³/mol. The molecule has 2 heterocycles. The molecule has 1 fully saturated rings. The van der Waals surface area contributed by atoms with E-state index in [0.29, 0.717) is 18.0 Å². The number of nitrogens with zero attached hydrogens (tertiary/aromatic N) is 2. The fourth-order valence-electron chi connectivity index (χ4n) is 3.45. The lowest BCUT2D eigenvalue weighted by Crippen LogP contribution is -3.13. The summed E-state index contributed by atoms with van der Waals surface area (Å²) in [4.78, 5) is 6.50. The number of piperazine rings is 1. The lowest BCUT2D eigenvalue weighted by atomic mass is 10.1. The molecular formula is C20H24N3O2S2+. The third-order valence-electron chi connectivity index (χ3n) is 5.29. The molecule has 142 valence electrons. The van der Waals surface area contributed by atoms with Gasteiger partial charge >= 0.3 is 0 Å². The zero-order valence-corrected chi connectivity index (χ0v) is 17.2. The number of thiazole rings is 1. The van der Waals surface area contributed by atoms with E-state index in [0.717, 1.165) is 41.3 Å². The van der Waals surface area contributed by atoms with Crippen molar-refractivity contribution in [3.63, 3.8) is 0 Å². The second kappa shape index (κ2) is 7.31. The van der Waals surface area contributed by atoms with Crippen LogP contribution in [0.2, 0.25) is 0 Å². The Hall–Kier alpha value is -1.80. The summed E-state index contributed by atoms with van der Waals surface area (Å²) < 4.78 is 28.7. The quantitative estimate of drug-likeness (QED) is 0.726. The van der Waals surface area contributed by atoms with Crippen molar-refractivity contribution in [2.45, 2.75) is 25.3 Å². The van der Waals surface area contributed by atoms with Crippen LogP contribution in [-0.4, -0.2) is 43.9 Å². The van der Waals surface area contributed by atoms with E-state index >= 15 is 0 Å². The first-order chi connectivity index (χ1) is 12.9. The second-order valence-electron chi connectivity index (χ2n) is 7.15. The molecule has 0 atom stereocenters. The van der Waals surface area contributed by atoms with Gasteiger partial charge in [-0.05, 0) is 49.2 Å². The molecule has 1 aliphatic heterocycles. The Morgan fingerprint density at radius 3 is 2.52 bits per heavy atom. The largest absolute Gasteiger partial charge is 0.327 e. The van der Waals surface area contributed by atoms with Gasteiger partial charge in [0, 0.05) is 0 Å². The van der Waals surface area contributed by atoms with Crippen LogP contribution in [0.1, 0.15) is 16.1 Å². The van der Waals surface area contributed by atoms with Gasteiger partial charge in [0.15, 0.2) is 0 Å². The van der Waals surface area contributed by atoms with Crippen LogP contribution in [0.4, 0.5) is 0 Å². The first-order valence-electron chi connectivity index (χ1n) is 9.19. The van der Waals surface area contributed by atoms with Crippen molar-refractivity contribution in [3.05, 3.63) is 58.6 Å². The van der Waals surface area contributed by atoms with E-state index in [1.807, 2.05) is 38.1 Å². The molecule has 0 radical (unpaired) electrons. The van der Waals surface area contributed by atoms with Crippen molar-refractivity contribution in [2.24, 2.45) is 0 Å². The van der Waals surface area contributed by atoms with Gasteiger partial charge in [0.05, 0.1) is 41.3 Å². The monoisotopic (exact) mass is 402 g/mol. The van der Waals surface area contributed by atoms with Crippen molar-refractivity contribution in [1.29, 1.82) is 0 Å². The Morgan fingerprint density at radius 2 is 1.81 bits per heavy atom. The molecule has 1 N–H and O–H groups in total. The van der Waals surface area contributed by atoms with E-state index < -0.39 is 10.0 Å². The summed E-state index contributed by atoms with van der Waals surface area (Å²) in [6.45, 7) is 7.52. The van der Waals surface area contributed by atoms with Gasteiger partial charge < -0.3 is 4.90 Å². The SMILES string of the molecule is Cc1ccc(S(=O)(=O)N2CC[NH+](Cc3nc4ccccc4s3)CC2)cc1C. The zero-order chi connectivity index (χ0) is 19.0. The molecule has 0 bridgehead atoms. The van der Waals surface area contributed by atoms with Crippen LogP contribution >= 0.6 is 11.3 Å². The predicted octanol–water partition coefficient (Wildman–Crippen LogP) is 2.00. The number of para-hydroxylation sites is 1. The van der Waals surface area contributed by atoms with Gasteiger partial charge in [-0.2, -0.15) is 4.31 Å². The molecular weight excluding hydrogens is 378 g/mol. The van der Waals surface area contributed by atoms with Crippen LogP contribution < -0.4 is 4.90 Å². The summed E-state index contributed by atoms with van der Waals surface area (Å²) in [5.41, 5.74) is 3.17. The summed E-state index contributed by atoms with van der Waals surface area (Å²) in [6, 6.07) is 13.6. The standard InChI is InChI=1S/C20H23N3O2S2/c1-15-7-8-17(13-16(15)2)27(24,25)23-11-9-22(10-12-23)14-20-21-18-5-3-4-6-19(18)26-20/h3-8,13H,9-12,14H2,1-2H3/p+1. The van der Waals surface area contributed by atoms with E-state index in [1.165, 1.54) is 9.60 Å². The van der Waals surface area contributed by atoms with Crippen LogP contribution in [-0.2, 0) is 16.6 Å². The topological polar surface area (TPSA) is 54.7 Å². The van der Waals surface area contributed by atoms with Crippen LogP contribution in [0.5, 0.6) is 0 Å². The summed E-state index contributed by atoms with van der Waals surface area (Å²) in [6.07, 6.45) is 0. The molecule has 0 amide bonds. The van der Waals surface area contributed by atoms with E-state index in [4.69, 9.17) is 4.98 Å². The lowest BCUT2D eigenvalue weighted by Gasteiger charge is -2.31. The molecule has 2 aromatic carbocycles. The first-order valence-corrected chi connectivity index (χ1v) is 11.4. The number of benzene rings is 2. The highest BCUT2D eigenvalue weighted by Gasteiger charge is 2.30. The third-order valence-corrected chi connectivity index (χ3v) is 8.22. The Bertz CT molecular complexity index is 1030. The second-order valence-corrected chi connectivity index (χ2v) is 10.2. The highest BCUT2D eigenvalue weighted by Crippen LogP contribution is 2.21. The number of hydrogen-bond donors (Lipinski definition) is 1. The molecule has 1 aromatic heterocycles. The number of rotatable bonds is 4. The molecule has 3 aromatic rings. The Morgan fingerprint density at radius 1 is 1.07 bits per heavy atom. The van der Waals surface area contributed by atoms with Gasteiger partial charge in [0.1, 0.15) is 11.6 Å². The normalized spacial score (nSPS) is 16.8. The van der Waals surface area contributed by atoms with Crippen molar-refractivity contribution in [3.8, 4) is 0 Å². The van der Waals surface area contributed by atoms with Gasteiger partial charge in [-0.15, -0.1) is 11.3 Å². The molecule has 0 unspecified atom stereocenters. The van der Waals surface area contributed by atoms with E-state index in [2.05, 4.69) is 6.07 Å². The summed E-state index contributed by atoms with van der Waals surface area (Å²) >= 11 is 1.73. The van der Waals surface area contributed by atoms with Crippen LogP contribution in [0.15, 0.2) is 47.4 Å². The molecule has 7 heteroatoms. The van der Waals surface area contributed by atoms with Crippen molar-refractivity contribution in [1.82, 2.24) is 9.29 Å². The minimum atomic E-state index is -3.41. The maximum Gasteiger partial charge on any atom is 0.243 e. The molecule has 5 nitrogen and oxygen atoms in total.